The third-order valence-corrected chi connectivity index (χ3v) is 7.97. The molecular weight excluding hydrogens is 343 g/mol. The van der Waals surface area contributed by atoms with Crippen molar-refractivity contribution in [3.8, 4) is 0 Å². The van der Waals surface area contributed by atoms with E-state index in [9.17, 15) is 19.6 Å². The number of aliphatic hydroxyl groups is 1. The average Bonchev–Trinajstić information content (AvgIpc) is 2.52. The maximum absolute atomic E-state index is 12.7. The van der Waals surface area contributed by atoms with E-state index in [0.29, 0.717) is 0 Å². The minimum absolute atomic E-state index is 0.201. The third kappa shape index (κ3) is 3.97. The van der Waals surface area contributed by atoms with Gasteiger partial charge in [-0.15, -0.1) is 0 Å². The van der Waals surface area contributed by atoms with Crippen LogP contribution in [0.5, 0.6) is 0 Å². The zero-order valence-electron chi connectivity index (χ0n) is 14.0. The number of hydrogen-bond donors (Lipinski definition) is 2. The number of thioether (sulfide) groups is 1. The van der Waals surface area contributed by atoms with Crippen LogP contribution >= 0.6 is 19.6 Å². The summed E-state index contributed by atoms with van der Waals surface area (Å²) in [6.45, 7) is 4.81. The fourth-order valence-corrected chi connectivity index (χ4v) is 6.48. The normalized spacial score (nSPS) is 16.0. The quantitative estimate of drug-likeness (QED) is 0.555. The van der Waals surface area contributed by atoms with Gasteiger partial charge < -0.3 is 10.2 Å². The van der Waals surface area contributed by atoms with Gasteiger partial charge in [-0.1, -0.05) is 66.6 Å². The van der Waals surface area contributed by atoms with E-state index < -0.39 is 25.0 Å². The Morgan fingerprint density at radius 1 is 1.21 bits per heavy atom. The molecule has 0 aliphatic carbocycles. The predicted octanol–water partition coefficient (Wildman–Crippen LogP) is 4.58. The zero-order chi connectivity index (χ0) is 17.9. The van der Waals surface area contributed by atoms with Gasteiger partial charge in [0.1, 0.15) is 0 Å². The lowest BCUT2D eigenvalue weighted by Gasteiger charge is -2.24. The Morgan fingerprint density at radius 3 is 2.46 bits per heavy atom. The molecule has 0 aliphatic rings. The van der Waals surface area contributed by atoms with Crippen LogP contribution in [0, 0.1) is 5.92 Å². The van der Waals surface area contributed by atoms with Crippen LogP contribution < -0.4 is 0 Å². The molecule has 0 heterocycles. The third-order valence-electron chi connectivity index (χ3n) is 4.05. The lowest BCUT2D eigenvalue weighted by molar-refractivity contribution is -0.157. The molecule has 0 amide bonds. The number of fused-ring (bicyclic) bond motifs is 1. The number of hydrogen-bond acceptors (Lipinski definition) is 4. The van der Waals surface area contributed by atoms with Crippen LogP contribution in [0.1, 0.15) is 20.8 Å². The molecule has 2 N–H and O–H groups in total. The molecule has 0 aromatic heterocycles. The van der Waals surface area contributed by atoms with Gasteiger partial charge in [-0.05, 0) is 23.8 Å². The SMILES string of the molecule is CC(C)C([P+](=O)CSc1cccc2ccccc12)C(C)(O)C(=O)O. The van der Waals surface area contributed by atoms with E-state index >= 15 is 0 Å². The molecule has 0 saturated carbocycles. The summed E-state index contributed by atoms with van der Waals surface area (Å²) in [6, 6.07) is 13.9. The molecule has 0 fully saturated rings. The van der Waals surface area contributed by atoms with Crippen LogP contribution in [0.3, 0.4) is 0 Å². The Morgan fingerprint density at radius 2 is 1.83 bits per heavy atom. The van der Waals surface area contributed by atoms with Crippen LogP contribution in [0.4, 0.5) is 0 Å². The number of carboxylic acids is 1. The van der Waals surface area contributed by atoms with E-state index in [2.05, 4.69) is 0 Å². The molecule has 128 valence electrons. The van der Waals surface area contributed by atoms with E-state index in [4.69, 9.17) is 0 Å². The highest BCUT2D eigenvalue weighted by Crippen LogP contribution is 2.45. The molecular formula is C18H22O4PS+. The fourth-order valence-electron chi connectivity index (χ4n) is 2.92. The molecule has 3 atom stereocenters. The Labute approximate surface area is 147 Å². The Hall–Kier alpha value is -1.42. The highest BCUT2D eigenvalue weighted by Gasteiger charge is 2.52. The largest absolute Gasteiger partial charge is 0.479 e. The maximum Gasteiger partial charge on any atom is 0.356 e. The van der Waals surface area contributed by atoms with Crippen LogP contribution in [0.15, 0.2) is 47.4 Å². The monoisotopic (exact) mass is 365 g/mol. The predicted molar refractivity (Wildman–Crippen MR) is 99.2 cm³/mol. The lowest BCUT2D eigenvalue weighted by Crippen LogP contribution is -2.47. The van der Waals surface area contributed by atoms with E-state index in [1.54, 1.807) is 13.8 Å². The van der Waals surface area contributed by atoms with Crippen molar-refractivity contribution in [2.24, 2.45) is 5.92 Å². The van der Waals surface area contributed by atoms with Gasteiger partial charge >= 0.3 is 13.8 Å². The molecule has 3 unspecified atom stereocenters. The van der Waals surface area contributed by atoms with Crippen LogP contribution in [-0.4, -0.2) is 32.9 Å². The molecule has 0 saturated heterocycles. The maximum atomic E-state index is 12.7. The van der Waals surface area contributed by atoms with E-state index in [1.807, 2.05) is 42.5 Å². The van der Waals surface area contributed by atoms with E-state index in [-0.39, 0.29) is 11.4 Å². The standard InChI is InChI=1S/C18H21O4PS/c1-12(2)16(18(3,21)17(19)20)23(22)11-24-15-10-6-8-13-7-4-5-9-14(13)15/h4-10,12,16,21H,11H2,1-3H3/p+1. The Balaban J connectivity index is 2.20. The molecule has 0 spiro atoms. The Kier molecular flexibility index (Phi) is 6.02. The summed E-state index contributed by atoms with van der Waals surface area (Å²) in [5, 5.41) is 21.7. The Bertz CT molecular complexity index is 752. The first-order valence-electron chi connectivity index (χ1n) is 7.75. The molecule has 0 bridgehead atoms. The number of carboxylic acid groups (broad SMARTS) is 1. The summed E-state index contributed by atoms with van der Waals surface area (Å²) in [5.74, 6) is -1.53. The minimum atomic E-state index is -2.00. The van der Waals surface area contributed by atoms with Crippen molar-refractivity contribution in [3.05, 3.63) is 42.5 Å². The number of benzene rings is 2. The highest BCUT2D eigenvalue weighted by atomic mass is 32.2. The van der Waals surface area contributed by atoms with Crippen molar-refractivity contribution in [1.29, 1.82) is 0 Å². The van der Waals surface area contributed by atoms with Crippen molar-refractivity contribution < 1.29 is 19.6 Å². The van der Waals surface area contributed by atoms with E-state index in [1.165, 1.54) is 18.7 Å². The number of aliphatic carboxylic acids is 1. The van der Waals surface area contributed by atoms with Crippen molar-refractivity contribution in [3.63, 3.8) is 0 Å². The van der Waals surface area contributed by atoms with Gasteiger partial charge in [-0.2, -0.15) is 0 Å². The van der Waals surface area contributed by atoms with Crippen LogP contribution in [-0.2, 0) is 9.36 Å². The van der Waals surface area contributed by atoms with Gasteiger partial charge in [0.25, 0.3) is 0 Å². The van der Waals surface area contributed by atoms with Gasteiger partial charge in [0.2, 0.25) is 5.60 Å². The molecule has 0 aliphatic heterocycles. The first-order valence-corrected chi connectivity index (χ1v) is 10.2. The summed E-state index contributed by atoms with van der Waals surface area (Å²) in [5.41, 5.74) is -2.52. The second-order valence-electron chi connectivity index (χ2n) is 6.31. The molecule has 6 heteroatoms. The molecule has 4 nitrogen and oxygen atoms in total. The summed E-state index contributed by atoms with van der Waals surface area (Å²) < 4.78 is 12.7. The summed E-state index contributed by atoms with van der Waals surface area (Å²) in [7, 11) is -1.90. The van der Waals surface area contributed by atoms with E-state index in [0.717, 1.165) is 15.7 Å². The first-order chi connectivity index (χ1) is 11.2. The van der Waals surface area contributed by atoms with Crippen LogP contribution in [0.2, 0.25) is 0 Å². The van der Waals surface area contributed by atoms with Crippen molar-refractivity contribution >= 4 is 36.3 Å². The molecule has 2 aromatic rings. The van der Waals surface area contributed by atoms with Crippen molar-refractivity contribution in [2.75, 3.05) is 5.49 Å². The van der Waals surface area contributed by atoms with Crippen molar-refractivity contribution in [1.82, 2.24) is 0 Å². The smallest absolute Gasteiger partial charge is 0.356 e. The first kappa shape index (κ1) is 18.9. The van der Waals surface area contributed by atoms with Crippen LogP contribution in [0.25, 0.3) is 10.8 Å². The topological polar surface area (TPSA) is 74.6 Å². The lowest BCUT2D eigenvalue weighted by atomic mass is 9.94. The fraction of sp³-hybridized carbons (Fsp3) is 0.389. The zero-order valence-corrected chi connectivity index (χ0v) is 15.7. The minimum Gasteiger partial charge on any atom is -0.479 e. The second kappa shape index (κ2) is 7.64. The molecule has 24 heavy (non-hydrogen) atoms. The number of carbonyl (C=O) groups is 1. The number of rotatable bonds is 7. The van der Waals surface area contributed by atoms with Gasteiger partial charge in [0.15, 0.2) is 11.2 Å². The second-order valence-corrected chi connectivity index (χ2v) is 9.46. The summed E-state index contributed by atoms with van der Waals surface area (Å²) in [6.07, 6.45) is 0. The van der Waals surface area contributed by atoms with Gasteiger partial charge in [0.05, 0.1) is 0 Å². The molecule has 2 rings (SSSR count). The molecule has 2 aromatic carbocycles. The summed E-state index contributed by atoms with van der Waals surface area (Å²) >= 11 is 1.44. The van der Waals surface area contributed by atoms with Gasteiger partial charge in [0, 0.05) is 10.8 Å². The summed E-state index contributed by atoms with van der Waals surface area (Å²) in [4.78, 5) is 12.3. The molecule has 0 radical (unpaired) electrons. The average molecular weight is 365 g/mol. The van der Waals surface area contributed by atoms with Gasteiger partial charge in [-0.3, -0.25) is 0 Å². The highest BCUT2D eigenvalue weighted by molar-refractivity contribution is 8.04. The van der Waals surface area contributed by atoms with Gasteiger partial charge in [-0.25, -0.2) is 4.79 Å². The van der Waals surface area contributed by atoms with Crippen molar-refractivity contribution in [2.45, 2.75) is 36.9 Å².